The summed E-state index contributed by atoms with van der Waals surface area (Å²) in [6, 6.07) is 13.2. The average molecular weight is 403 g/mol. The Bertz CT molecular complexity index is 1080. The fourth-order valence-electron chi connectivity index (χ4n) is 3.07. The van der Waals surface area contributed by atoms with Gasteiger partial charge in [-0.25, -0.2) is 12.8 Å². The van der Waals surface area contributed by atoms with E-state index in [1.54, 1.807) is 0 Å². The van der Waals surface area contributed by atoms with Crippen molar-refractivity contribution in [2.24, 2.45) is 0 Å². The lowest BCUT2D eigenvalue weighted by Crippen LogP contribution is -2.48. The first-order chi connectivity index (χ1) is 13.5. The number of hydrogen-bond acceptors (Lipinski definition) is 6. The van der Waals surface area contributed by atoms with Crippen molar-refractivity contribution in [1.82, 2.24) is 14.4 Å². The van der Waals surface area contributed by atoms with Crippen LogP contribution in [0.1, 0.15) is 23.2 Å². The summed E-state index contributed by atoms with van der Waals surface area (Å²) in [5.74, 6) is 0.232. The number of nitrogens with zero attached hydrogens (tertiary/aromatic N) is 3. The quantitative estimate of drug-likeness (QED) is 0.629. The zero-order valence-corrected chi connectivity index (χ0v) is 15.9. The van der Waals surface area contributed by atoms with Crippen LogP contribution in [-0.4, -0.2) is 43.1 Å². The Hall–Kier alpha value is -2.78. The lowest BCUT2D eigenvalue weighted by Gasteiger charge is -2.36. The summed E-state index contributed by atoms with van der Waals surface area (Å²) < 4.78 is 50.7. The molecular formula is C19H18FN3O4S. The lowest BCUT2D eigenvalue weighted by molar-refractivity contribution is 0.216. The van der Waals surface area contributed by atoms with Crippen LogP contribution in [0.5, 0.6) is 5.75 Å². The molecule has 2 aromatic carbocycles. The van der Waals surface area contributed by atoms with Gasteiger partial charge in [0.05, 0.1) is 13.0 Å². The zero-order valence-electron chi connectivity index (χ0n) is 15.1. The molecule has 3 aromatic rings. The highest BCUT2D eigenvalue weighted by Crippen LogP contribution is 2.34. The SMILES string of the molecule is COc1ccc(F)cc1S(=O)(=O)N1CC(c2nc(Cc3ccccc3)no2)C1. The van der Waals surface area contributed by atoms with E-state index in [9.17, 15) is 12.8 Å². The maximum atomic E-state index is 13.6. The molecule has 0 atom stereocenters. The van der Waals surface area contributed by atoms with Crippen molar-refractivity contribution >= 4 is 10.0 Å². The summed E-state index contributed by atoms with van der Waals surface area (Å²) in [6.07, 6.45) is 0.541. The van der Waals surface area contributed by atoms with Crippen LogP contribution in [-0.2, 0) is 16.4 Å². The molecule has 7 nitrogen and oxygen atoms in total. The van der Waals surface area contributed by atoms with Gasteiger partial charge in [0.1, 0.15) is 16.5 Å². The van der Waals surface area contributed by atoms with Gasteiger partial charge < -0.3 is 9.26 Å². The molecule has 146 valence electrons. The highest BCUT2D eigenvalue weighted by atomic mass is 32.2. The van der Waals surface area contributed by atoms with Gasteiger partial charge in [-0.3, -0.25) is 0 Å². The Kier molecular flexibility index (Phi) is 4.86. The van der Waals surface area contributed by atoms with Gasteiger partial charge in [-0.15, -0.1) is 0 Å². The van der Waals surface area contributed by atoms with Crippen molar-refractivity contribution in [1.29, 1.82) is 0 Å². The molecule has 0 amide bonds. The largest absolute Gasteiger partial charge is 0.495 e. The van der Waals surface area contributed by atoms with Crippen molar-refractivity contribution < 1.29 is 22.1 Å². The minimum atomic E-state index is -3.87. The van der Waals surface area contributed by atoms with Crippen LogP contribution in [0.4, 0.5) is 4.39 Å². The minimum absolute atomic E-state index is 0.104. The zero-order chi connectivity index (χ0) is 19.7. The van der Waals surface area contributed by atoms with E-state index in [1.807, 2.05) is 30.3 Å². The first kappa shape index (κ1) is 18.6. The number of halogens is 1. The molecule has 0 radical (unpaired) electrons. The Labute approximate surface area is 161 Å². The van der Waals surface area contributed by atoms with Crippen molar-refractivity contribution in [3.63, 3.8) is 0 Å². The first-order valence-electron chi connectivity index (χ1n) is 8.67. The van der Waals surface area contributed by atoms with E-state index < -0.39 is 15.8 Å². The normalized spacial score (nSPS) is 15.4. The van der Waals surface area contributed by atoms with Gasteiger partial charge in [-0.2, -0.15) is 9.29 Å². The molecular weight excluding hydrogens is 385 g/mol. The standard InChI is InChI=1S/C19H18FN3O4S/c1-26-16-8-7-15(20)10-17(16)28(24,25)23-11-14(12-23)19-21-18(22-27-19)9-13-5-3-2-4-6-13/h2-8,10,14H,9,11-12H2,1H3. The highest BCUT2D eigenvalue weighted by molar-refractivity contribution is 7.89. The van der Waals surface area contributed by atoms with E-state index in [0.29, 0.717) is 18.1 Å². The van der Waals surface area contributed by atoms with Crippen LogP contribution in [0.3, 0.4) is 0 Å². The molecule has 1 fully saturated rings. The number of methoxy groups -OCH3 is 1. The Morgan fingerprint density at radius 2 is 1.96 bits per heavy atom. The molecule has 2 heterocycles. The maximum Gasteiger partial charge on any atom is 0.246 e. The molecule has 28 heavy (non-hydrogen) atoms. The third-order valence-electron chi connectivity index (χ3n) is 4.63. The topological polar surface area (TPSA) is 85.5 Å². The Morgan fingerprint density at radius 3 is 2.68 bits per heavy atom. The van der Waals surface area contributed by atoms with Gasteiger partial charge >= 0.3 is 0 Å². The molecule has 0 unspecified atom stereocenters. The monoisotopic (exact) mass is 403 g/mol. The second-order valence-corrected chi connectivity index (χ2v) is 8.43. The number of aromatic nitrogens is 2. The Morgan fingerprint density at radius 1 is 1.21 bits per heavy atom. The van der Waals surface area contributed by atoms with Crippen LogP contribution >= 0.6 is 0 Å². The summed E-state index contributed by atoms with van der Waals surface area (Å²) >= 11 is 0. The fraction of sp³-hybridized carbons (Fsp3) is 0.263. The number of ether oxygens (including phenoxy) is 1. The third kappa shape index (κ3) is 3.50. The lowest BCUT2D eigenvalue weighted by atomic mass is 10.0. The minimum Gasteiger partial charge on any atom is -0.495 e. The molecule has 9 heteroatoms. The van der Waals surface area contributed by atoms with Crippen molar-refractivity contribution in [2.75, 3.05) is 20.2 Å². The molecule has 4 rings (SSSR count). The first-order valence-corrected chi connectivity index (χ1v) is 10.1. The maximum absolute atomic E-state index is 13.6. The number of benzene rings is 2. The predicted octanol–water partition coefficient (Wildman–Crippen LogP) is 2.60. The van der Waals surface area contributed by atoms with Gasteiger partial charge in [-0.05, 0) is 23.8 Å². The molecule has 0 N–H and O–H groups in total. The van der Waals surface area contributed by atoms with Gasteiger partial charge in [0.15, 0.2) is 5.82 Å². The van der Waals surface area contributed by atoms with E-state index in [2.05, 4.69) is 10.1 Å². The van der Waals surface area contributed by atoms with Gasteiger partial charge in [0.2, 0.25) is 15.9 Å². The molecule has 1 saturated heterocycles. The molecule has 0 bridgehead atoms. The number of sulfonamides is 1. The van der Waals surface area contributed by atoms with E-state index in [0.717, 1.165) is 17.7 Å². The highest BCUT2D eigenvalue weighted by Gasteiger charge is 2.41. The van der Waals surface area contributed by atoms with Crippen LogP contribution in [0, 0.1) is 5.82 Å². The summed E-state index contributed by atoms with van der Waals surface area (Å²) in [7, 11) is -2.53. The summed E-state index contributed by atoms with van der Waals surface area (Å²) in [5.41, 5.74) is 1.06. The van der Waals surface area contributed by atoms with Crippen LogP contribution in [0.25, 0.3) is 0 Å². The van der Waals surface area contributed by atoms with Crippen LogP contribution < -0.4 is 4.74 Å². The van der Waals surface area contributed by atoms with E-state index >= 15 is 0 Å². The molecule has 1 aliphatic heterocycles. The molecule has 0 saturated carbocycles. The van der Waals surface area contributed by atoms with Gasteiger partial charge in [0.25, 0.3) is 0 Å². The van der Waals surface area contributed by atoms with Crippen molar-refractivity contribution in [3.8, 4) is 5.75 Å². The van der Waals surface area contributed by atoms with E-state index in [1.165, 1.54) is 17.5 Å². The second kappa shape index (κ2) is 7.33. The molecule has 1 aromatic heterocycles. The fourth-order valence-corrected chi connectivity index (χ4v) is 4.76. The van der Waals surface area contributed by atoms with Crippen LogP contribution in [0.2, 0.25) is 0 Å². The van der Waals surface area contributed by atoms with Crippen LogP contribution in [0.15, 0.2) is 57.9 Å². The number of hydrogen-bond donors (Lipinski definition) is 0. The predicted molar refractivity (Wildman–Crippen MR) is 98.0 cm³/mol. The van der Waals surface area contributed by atoms with Crippen molar-refractivity contribution in [2.45, 2.75) is 17.2 Å². The molecule has 0 spiro atoms. The third-order valence-corrected chi connectivity index (χ3v) is 6.48. The number of rotatable bonds is 6. The van der Waals surface area contributed by atoms with Crippen molar-refractivity contribution in [3.05, 3.63) is 71.6 Å². The van der Waals surface area contributed by atoms with E-state index in [4.69, 9.17) is 9.26 Å². The van der Waals surface area contributed by atoms with E-state index in [-0.39, 0.29) is 29.7 Å². The summed E-state index contributed by atoms with van der Waals surface area (Å²) in [4.78, 5) is 4.19. The Balaban J connectivity index is 1.45. The van der Waals surface area contributed by atoms with Gasteiger partial charge in [-0.1, -0.05) is 35.5 Å². The van der Waals surface area contributed by atoms with Gasteiger partial charge in [0, 0.05) is 19.5 Å². The average Bonchev–Trinajstić information content (AvgIpc) is 3.09. The smallest absolute Gasteiger partial charge is 0.246 e. The summed E-state index contributed by atoms with van der Waals surface area (Å²) in [6.45, 7) is 0.379. The molecule has 1 aliphatic rings. The second-order valence-electron chi connectivity index (χ2n) is 6.53. The molecule has 0 aliphatic carbocycles. The summed E-state index contributed by atoms with van der Waals surface area (Å²) in [5, 5.41) is 3.98.